The van der Waals surface area contributed by atoms with Crippen LogP contribution in [0.5, 0.6) is 5.75 Å². The lowest BCUT2D eigenvalue weighted by Crippen LogP contribution is -2.07. The molecule has 0 bridgehead atoms. The lowest BCUT2D eigenvalue weighted by Gasteiger charge is -2.06. The molecule has 0 aliphatic carbocycles. The number of hydrogen-bond acceptors (Lipinski definition) is 2. The smallest absolute Gasteiger partial charge is 0.338 e. The van der Waals surface area contributed by atoms with E-state index in [1.165, 1.54) is 0 Å². The van der Waals surface area contributed by atoms with Crippen LogP contribution in [-0.2, 0) is 4.79 Å². The standard InChI is InChI=1S/C16H14O2/c1-12(2)16(17)18-15-10-6-9-14(11-15)13-7-4-3-5-8-13/h3-11H,1H2,2H3. The normalized spacial score (nSPS) is 9.83. The number of benzene rings is 2. The Kier molecular flexibility index (Phi) is 3.58. The molecule has 2 rings (SSSR count). The number of carbonyl (C=O) groups excluding carboxylic acids is 1. The van der Waals surface area contributed by atoms with Gasteiger partial charge in [0.25, 0.3) is 0 Å². The van der Waals surface area contributed by atoms with E-state index in [1.54, 1.807) is 13.0 Å². The molecule has 0 N–H and O–H groups in total. The van der Waals surface area contributed by atoms with Crippen LogP contribution < -0.4 is 4.74 Å². The maximum absolute atomic E-state index is 11.4. The second-order valence-corrected chi connectivity index (χ2v) is 4.06. The molecular weight excluding hydrogens is 224 g/mol. The Morgan fingerprint density at radius 2 is 1.67 bits per heavy atom. The molecule has 0 radical (unpaired) electrons. The number of rotatable bonds is 3. The van der Waals surface area contributed by atoms with E-state index in [1.807, 2.05) is 48.5 Å². The minimum absolute atomic E-state index is 0.389. The highest BCUT2D eigenvalue weighted by Gasteiger charge is 2.06. The Balaban J connectivity index is 2.26. The van der Waals surface area contributed by atoms with Gasteiger partial charge in [0.05, 0.1) is 0 Å². The van der Waals surface area contributed by atoms with E-state index < -0.39 is 5.97 Å². The van der Waals surface area contributed by atoms with E-state index in [0.29, 0.717) is 11.3 Å². The van der Waals surface area contributed by atoms with Gasteiger partial charge in [-0.25, -0.2) is 4.79 Å². The third-order valence-electron chi connectivity index (χ3n) is 2.50. The van der Waals surface area contributed by atoms with Gasteiger partial charge in [-0.15, -0.1) is 0 Å². The van der Waals surface area contributed by atoms with Gasteiger partial charge in [-0.05, 0) is 30.2 Å². The molecule has 0 heterocycles. The van der Waals surface area contributed by atoms with Crippen LogP contribution in [0.4, 0.5) is 0 Å². The monoisotopic (exact) mass is 238 g/mol. The predicted molar refractivity (Wildman–Crippen MR) is 72.3 cm³/mol. The van der Waals surface area contributed by atoms with Crippen LogP contribution in [0, 0.1) is 0 Å². The fraction of sp³-hybridized carbons (Fsp3) is 0.0625. The van der Waals surface area contributed by atoms with Crippen molar-refractivity contribution in [2.75, 3.05) is 0 Å². The van der Waals surface area contributed by atoms with Crippen molar-refractivity contribution in [2.45, 2.75) is 6.92 Å². The van der Waals surface area contributed by atoms with Crippen molar-refractivity contribution in [3.63, 3.8) is 0 Å². The summed E-state index contributed by atoms with van der Waals surface area (Å²) in [5, 5.41) is 0. The molecule has 0 saturated heterocycles. The molecule has 2 aromatic rings. The van der Waals surface area contributed by atoms with Gasteiger partial charge in [0, 0.05) is 5.57 Å². The summed E-state index contributed by atoms with van der Waals surface area (Å²) in [5.41, 5.74) is 2.49. The first-order valence-corrected chi connectivity index (χ1v) is 5.70. The summed E-state index contributed by atoms with van der Waals surface area (Å²) in [6, 6.07) is 17.4. The molecule has 0 spiro atoms. The Hall–Kier alpha value is -2.35. The van der Waals surface area contributed by atoms with Gasteiger partial charge in [0.15, 0.2) is 0 Å². The summed E-state index contributed by atoms with van der Waals surface area (Å²) in [6.07, 6.45) is 0. The average molecular weight is 238 g/mol. The Labute approximate surface area is 107 Å². The Morgan fingerprint density at radius 1 is 1.00 bits per heavy atom. The van der Waals surface area contributed by atoms with Crippen LogP contribution in [0.1, 0.15) is 6.92 Å². The van der Waals surface area contributed by atoms with Crippen LogP contribution in [0.15, 0.2) is 66.7 Å². The van der Waals surface area contributed by atoms with Crippen molar-refractivity contribution < 1.29 is 9.53 Å². The van der Waals surface area contributed by atoms with E-state index in [2.05, 4.69) is 6.58 Å². The fourth-order valence-corrected chi connectivity index (χ4v) is 1.56. The fourth-order valence-electron chi connectivity index (χ4n) is 1.56. The number of esters is 1. The molecule has 18 heavy (non-hydrogen) atoms. The average Bonchev–Trinajstić information content (AvgIpc) is 2.40. The van der Waals surface area contributed by atoms with Gasteiger partial charge in [0.2, 0.25) is 0 Å². The van der Waals surface area contributed by atoms with Crippen molar-refractivity contribution in [1.29, 1.82) is 0 Å². The summed E-state index contributed by atoms with van der Waals surface area (Å²) in [6.45, 7) is 5.19. The van der Waals surface area contributed by atoms with Crippen LogP contribution in [-0.4, -0.2) is 5.97 Å². The lowest BCUT2D eigenvalue weighted by molar-refractivity contribution is -0.130. The van der Waals surface area contributed by atoms with Gasteiger partial charge in [-0.1, -0.05) is 49.0 Å². The minimum Gasteiger partial charge on any atom is -0.423 e. The van der Waals surface area contributed by atoms with E-state index in [4.69, 9.17) is 4.74 Å². The highest BCUT2D eigenvalue weighted by molar-refractivity contribution is 5.89. The highest BCUT2D eigenvalue weighted by Crippen LogP contribution is 2.23. The van der Waals surface area contributed by atoms with E-state index in [9.17, 15) is 4.79 Å². The molecule has 0 fully saturated rings. The van der Waals surface area contributed by atoms with Crippen LogP contribution >= 0.6 is 0 Å². The van der Waals surface area contributed by atoms with Gasteiger partial charge < -0.3 is 4.74 Å². The van der Waals surface area contributed by atoms with Gasteiger partial charge >= 0.3 is 5.97 Å². The lowest BCUT2D eigenvalue weighted by atomic mass is 10.1. The number of ether oxygens (including phenoxy) is 1. The largest absolute Gasteiger partial charge is 0.423 e. The molecule has 2 heteroatoms. The van der Waals surface area contributed by atoms with E-state index in [0.717, 1.165) is 11.1 Å². The van der Waals surface area contributed by atoms with Gasteiger partial charge in [-0.3, -0.25) is 0 Å². The van der Waals surface area contributed by atoms with E-state index >= 15 is 0 Å². The summed E-state index contributed by atoms with van der Waals surface area (Å²) >= 11 is 0. The summed E-state index contributed by atoms with van der Waals surface area (Å²) < 4.78 is 5.20. The molecular formula is C16H14O2. The van der Waals surface area contributed by atoms with Crippen molar-refractivity contribution >= 4 is 5.97 Å². The Morgan fingerprint density at radius 3 is 2.33 bits per heavy atom. The highest BCUT2D eigenvalue weighted by atomic mass is 16.5. The zero-order valence-corrected chi connectivity index (χ0v) is 10.2. The zero-order chi connectivity index (χ0) is 13.0. The second kappa shape index (κ2) is 5.32. The van der Waals surface area contributed by atoms with Crippen molar-refractivity contribution in [2.24, 2.45) is 0 Å². The molecule has 0 aliphatic rings. The van der Waals surface area contributed by atoms with Crippen molar-refractivity contribution in [3.8, 4) is 16.9 Å². The van der Waals surface area contributed by atoms with Crippen LogP contribution in [0.2, 0.25) is 0 Å². The first kappa shape index (κ1) is 12.1. The summed E-state index contributed by atoms with van der Waals surface area (Å²) in [4.78, 5) is 11.4. The number of carbonyl (C=O) groups is 1. The molecule has 0 aliphatic heterocycles. The molecule has 0 atom stereocenters. The number of hydrogen-bond donors (Lipinski definition) is 0. The molecule has 2 nitrogen and oxygen atoms in total. The maximum atomic E-state index is 11.4. The predicted octanol–water partition coefficient (Wildman–Crippen LogP) is 3.84. The van der Waals surface area contributed by atoms with Gasteiger partial charge in [0.1, 0.15) is 5.75 Å². The molecule has 0 unspecified atom stereocenters. The van der Waals surface area contributed by atoms with Crippen LogP contribution in [0.3, 0.4) is 0 Å². The summed E-state index contributed by atoms with van der Waals surface area (Å²) in [7, 11) is 0. The Bertz CT molecular complexity index is 571. The topological polar surface area (TPSA) is 26.3 Å². The van der Waals surface area contributed by atoms with Crippen molar-refractivity contribution in [3.05, 3.63) is 66.7 Å². The molecule has 0 saturated carbocycles. The zero-order valence-electron chi connectivity index (χ0n) is 10.2. The minimum atomic E-state index is -0.403. The summed E-state index contributed by atoms with van der Waals surface area (Å²) in [5.74, 6) is 0.129. The van der Waals surface area contributed by atoms with Gasteiger partial charge in [-0.2, -0.15) is 0 Å². The first-order valence-electron chi connectivity index (χ1n) is 5.70. The van der Waals surface area contributed by atoms with E-state index in [-0.39, 0.29) is 0 Å². The van der Waals surface area contributed by atoms with Crippen molar-refractivity contribution in [1.82, 2.24) is 0 Å². The third kappa shape index (κ3) is 2.86. The van der Waals surface area contributed by atoms with Crippen LogP contribution in [0.25, 0.3) is 11.1 Å². The molecule has 2 aromatic carbocycles. The molecule has 0 amide bonds. The third-order valence-corrected chi connectivity index (χ3v) is 2.50. The first-order chi connectivity index (χ1) is 8.66. The maximum Gasteiger partial charge on any atom is 0.338 e. The quantitative estimate of drug-likeness (QED) is 0.461. The molecule has 0 aromatic heterocycles. The SMILES string of the molecule is C=C(C)C(=O)Oc1cccc(-c2ccccc2)c1. The molecule has 90 valence electrons. The second-order valence-electron chi connectivity index (χ2n) is 4.06.